The van der Waals surface area contributed by atoms with Crippen LogP contribution in [0.25, 0.3) is 0 Å². The van der Waals surface area contributed by atoms with Gasteiger partial charge in [-0.25, -0.2) is 0 Å². The number of rotatable bonds is 4. The minimum Gasteiger partial charge on any atom is -0.342 e. The third kappa shape index (κ3) is 3.60. The molecule has 0 heterocycles. The monoisotopic (exact) mass is 385 g/mol. The zero-order chi connectivity index (χ0) is 15.5. The lowest BCUT2D eigenvalue weighted by atomic mass is 9.94. The summed E-state index contributed by atoms with van der Waals surface area (Å²) in [6.07, 6.45) is 0. The third-order valence-electron chi connectivity index (χ3n) is 3.26. The van der Waals surface area contributed by atoms with Crippen LogP contribution in [-0.4, -0.2) is 11.2 Å². The highest BCUT2D eigenvalue weighted by Crippen LogP contribution is 2.28. The van der Waals surface area contributed by atoms with E-state index in [2.05, 4.69) is 21.2 Å². The molecule has 2 nitrogen and oxygen atoms in total. The Morgan fingerprint density at radius 2 is 1.81 bits per heavy atom. The number of amides is 1. The molecule has 0 aliphatic rings. The van der Waals surface area contributed by atoms with Crippen LogP contribution in [0, 0.1) is 0 Å². The first-order chi connectivity index (χ1) is 9.98. The van der Waals surface area contributed by atoms with E-state index >= 15 is 0 Å². The van der Waals surface area contributed by atoms with E-state index < -0.39 is 5.54 Å². The number of hydrogen-bond donors (Lipinski definition) is 1. The van der Waals surface area contributed by atoms with Gasteiger partial charge >= 0.3 is 0 Å². The molecule has 0 spiro atoms. The Morgan fingerprint density at radius 1 is 1.14 bits per heavy atom. The predicted octanol–water partition coefficient (Wildman–Crippen LogP) is 5.03. The van der Waals surface area contributed by atoms with E-state index in [9.17, 15) is 4.79 Å². The highest BCUT2D eigenvalue weighted by Gasteiger charge is 2.28. The van der Waals surface area contributed by atoms with Crippen molar-refractivity contribution < 1.29 is 4.79 Å². The molecule has 0 saturated carbocycles. The highest BCUT2D eigenvalue weighted by molar-refractivity contribution is 9.09. The lowest BCUT2D eigenvalue weighted by Crippen LogP contribution is -2.45. The zero-order valence-corrected chi connectivity index (χ0v) is 14.5. The van der Waals surface area contributed by atoms with Crippen LogP contribution in [0.1, 0.15) is 22.8 Å². The fourth-order valence-corrected chi connectivity index (χ4v) is 2.84. The summed E-state index contributed by atoms with van der Waals surface area (Å²) in [5, 5.41) is 4.22. The van der Waals surface area contributed by atoms with Crippen LogP contribution in [-0.2, 0) is 5.54 Å². The lowest BCUT2D eigenvalue weighted by Gasteiger charge is -2.29. The standard InChI is InChI=1S/C16H14BrCl2NO/c1-16(10-17,11-6-3-2-4-7-11)20-15(21)12-8-5-9-13(18)14(12)19/h2-9H,10H2,1H3,(H,20,21). The molecule has 21 heavy (non-hydrogen) atoms. The van der Waals surface area contributed by atoms with E-state index in [1.807, 2.05) is 37.3 Å². The average Bonchev–Trinajstić information content (AvgIpc) is 2.50. The predicted molar refractivity (Wildman–Crippen MR) is 91.5 cm³/mol. The molecule has 2 aromatic rings. The Labute approximate surface area is 142 Å². The Hall–Kier alpha value is -1.03. The van der Waals surface area contributed by atoms with Gasteiger partial charge < -0.3 is 5.32 Å². The van der Waals surface area contributed by atoms with Gasteiger partial charge in [0.05, 0.1) is 21.1 Å². The number of hydrogen-bond acceptors (Lipinski definition) is 1. The summed E-state index contributed by atoms with van der Waals surface area (Å²) in [6.45, 7) is 1.95. The molecule has 0 bridgehead atoms. The van der Waals surface area contributed by atoms with Gasteiger partial charge in [-0.15, -0.1) is 0 Å². The maximum Gasteiger partial charge on any atom is 0.253 e. The van der Waals surface area contributed by atoms with Crippen molar-refractivity contribution in [2.24, 2.45) is 0 Å². The number of alkyl halides is 1. The van der Waals surface area contributed by atoms with Crippen LogP contribution < -0.4 is 5.32 Å². The molecule has 0 fully saturated rings. The van der Waals surface area contributed by atoms with Crippen molar-refractivity contribution >= 4 is 45.0 Å². The summed E-state index contributed by atoms with van der Waals surface area (Å²) in [7, 11) is 0. The summed E-state index contributed by atoms with van der Waals surface area (Å²) >= 11 is 15.5. The van der Waals surface area contributed by atoms with Gasteiger partial charge in [-0.1, -0.05) is 75.5 Å². The fourth-order valence-electron chi connectivity index (χ4n) is 1.99. The molecule has 0 aromatic heterocycles. The largest absolute Gasteiger partial charge is 0.342 e. The van der Waals surface area contributed by atoms with Gasteiger partial charge in [0, 0.05) is 5.33 Å². The average molecular weight is 387 g/mol. The molecule has 1 amide bonds. The molecule has 0 radical (unpaired) electrons. The van der Waals surface area contributed by atoms with Crippen LogP contribution in [0.5, 0.6) is 0 Å². The first kappa shape index (κ1) is 16.3. The van der Waals surface area contributed by atoms with Crippen LogP contribution >= 0.6 is 39.1 Å². The first-order valence-corrected chi connectivity index (χ1v) is 8.24. The fraction of sp³-hybridized carbons (Fsp3) is 0.188. The molecule has 1 atom stereocenters. The summed E-state index contributed by atoms with van der Waals surface area (Å²) < 4.78 is 0. The maximum absolute atomic E-state index is 12.5. The molecule has 1 N–H and O–H groups in total. The van der Waals surface area contributed by atoms with Gasteiger partial charge in [0.15, 0.2) is 0 Å². The molecule has 0 aliphatic heterocycles. The van der Waals surface area contributed by atoms with Crippen molar-refractivity contribution in [3.05, 3.63) is 69.7 Å². The van der Waals surface area contributed by atoms with E-state index in [1.54, 1.807) is 18.2 Å². The quantitative estimate of drug-likeness (QED) is 0.733. The molecular weight excluding hydrogens is 373 g/mol. The van der Waals surface area contributed by atoms with Crippen molar-refractivity contribution in [1.82, 2.24) is 5.32 Å². The van der Waals surface area contributed by atoms with E-state index in [1.165, 1.54) is 0 Å². The maximum atomic E-state index is 12.5. The van der Waals surface area contributed by atoms with Crippen LogP contribution in [0.15, 0.2) is 48.5 Å². The Bertz CT molecular complexity index is 648. The minimum absolute atomic E-state index is 0.256. The number of carbonyl (C=O) groups is 1. The van der Waals surface area contributed by atoms with Crippen LogP contribution in [0.3, 0.4) is 0 Å². The zero-order valence-electron chi connectivity index (χ0n) is 11.4. The van der Waals surface area contributed by atoms with E-state index in [0.29, 0.717) is 15.9 Å². The molecule has 0 saturated heterocycles. The smallest absolute Gasteiger partial charge is 0.253 e. The second kappa shape index (κ2) is 6.82. The van der Waals surface area contributed by atoms with Gasteiger partial charge in [0.25, 0.3) is 5.91 Å². The number of benzene rings is 2. The number of halogens is 3. The van der Waals surface area contributed by atoms with E-state index in [-0.39, 0.29) is 10.9 Å². The number of carbonyl (C=O) groups excluding carboxylic acids is 1. The number of nitrogens with one attached hydrogen (secondary N) is 1. The van der Waals surface area contributed by atoms with Gasteiger partial charge in [-0.3, -0.25) is 4.79 Å². The molecular formula is C16H14BrCl2NO. The van der Waals surface area contributed by atoms with Crippen LogP contribution in [0.4, 0.5) is 0 Å². The van der Waals surface area contributed by atoms with Crippen molar-refractivity contribution in [2.45, 2.75) is 12.5 Å². The summed E-state index contributed by atoms with van der Waals surface area (Å²) in [6, 6.07) is 14.8. The van der Waals surface area contributed by atoms with E-state index in [4.69, 9.17) is 23.2 Å². The van der Waals surface area contributed by atoms with Crippen LogP contribution in [0.2, 0.25) is 10.0 Å². The molecule has 1 unspecified atom stereocenters. The second-order valence-electron chi connectivity index (χ2n) is 4.89. The Balaban J connectivity index is 2.30. The topological polar surface area (TPSA) is 29.1 Å². The lowest BCUT2D eigenvalue weighted by molar-refractivity contribution is 0.0914. The van der Waals surface area contributed by atoms with Crippen molar-refractivity contribution in [3.8, 4) is 0 Å². The second-order valence-corrected chi connectivity index (χ2v) is 6.23. The summed E-state index contributed by atoms with van der Waals surface area (Å²) in [5.41, 5.74) is 0.838. The first-order valence-electron chi connectivity index (χ1n) is 6.36. The molecule has 2 rings (SSSR count). The summed E-state index contributed by atoms with van der Waals surface area (Å²) in [4.78, 5) is 12.5. The minimum atomic E-state index is -0.538. The molecule has 2 aromatic carbocycles. The SMILES string of the molecule is CC(CBr)(NC(=O)c1cccc(Cl)c1Cl)c1ccccc1. The van der Waals surface area contributed by atoms with Gasteiger partial charge in [-0.05, 0) is 24.6 Å². The van der Waals surface area contributed by atoms with Crippen molar-refractivity contribution in [3.63, 3.8) is 0 Å². The van der Waals surface area contributed by atoms with Gasteiger partial charge in [-0.2, -0.15) is 0 Å². The Morgan fingerprint density at radius 3 is 2.43 bits per heavy atom. The van der Waals surface area contributed by atoms with Gasteiger partial charge in [0.2, 0.25) is 0 Å². The highest BCUT2D eigenvalue weighted by atomic mass is 79.9. The summed E-state index contributed by atoms with van der Waals surface area (Å²) in [5.74, 6) is -0.256. The van der Waals surface area contributed by atoms with Crippen molar-refractivity contribution in [2.75, 3.05) is 5.33 Å². The third-order valence-corrected chi connectivity index (χ3v) is 5.20. The Kier molecular flexibility index (Phi) is 5.31. The van der Waals surface area contributed by atoms with Gasteiger partial charge in [0.1, 0.15) is 0 Å². The normalized spacial score (nSPS) is 13.5. The van der Waals surface area contributed by atoms with E-state index in [0.717, 1.165) is 5.56 Å². The van der Waals surface area contributed by atoms with Crippen molar-refractivity contribution in [1.29, 1.82) is 0 Å². The molecule has 0 aliphatic carbocycles. The molecule has 110 valence electrons. The molecule has 5 heteroatoms.